The van der Waals surface area contributed by atoms with Crippen LogP contribution >= 0.6 is 11.6 Å². The summed E-state index contributed by atoms with van der Waals surface area (Å²) < 4.78 is 16.3. The molecule has 4 aromatic rings. The minimum Gasteiger partial charge on any atom is -0.466 e. The van der Waals surface area contributed by atoms with Crippen molar-refractivity contribution < 1.29 is 23.8 Å². The molecule has 39 heavy (non-hydrogen) atoms. The summed E-state index contributed by atoms with van der Waals surface area (Å²) in [7, 11) is 0. The molecule has 5 rings (SSSR count). The van der Waals surface area contributed by atoms with E-state index in [0.29, 0.717) is 53.9 Å². The van der Waals surface area contributed by atoms with Gasteiger partial charge < -0.3 is 19.2 Å². The molecule has 0 aliphatic heterocycles. The number of aromatic amines is 1. The average molecular weight is 548 g/mol. The highest BCUT2D eigenvalue weighted by Gasteiger charge is 2.49. The van der Waals surface area contributed by atoms with Crippen LogP contribution in [0.1, 0.15) is 39.5 Å². The van der Waals surface area contributed by atoms with Gasteiger partial charge in [-0.25, -0.2) is 4.98 Å². The fourth-order valence-electron chi connectivity index (χ4n) is 5.14. The number of nitrogens with one attached hydrogen (secondary N) is 1. The second-order valence-electron chi connectivity index (χ2n) is 9.79. The van der Waals surface area contributed by atoms with Gasteiger partial charge in [-0.1, -0.05) is 66.2 Å². The number of imidazole rings is 1. The lowest BCUT2D eigenvalue weighted by Gasteiger charge is -2.45. The Morgan fingerprint density at radius 3 is 2.10 bits per heavy atom. The Hall–Kier alpha value is -3.91. The van der Waals surface area contributed by atoms with Gasteiger partial charge in [0.1, 0.15) is 6.10 Å². The van der Waals surface area contributed by atoms with Crippen molar-refractivity contribution in [3.05, 3.63) is 65.7 Å². The number of rotatable bonds is 10. The van der Waals surface area contributed by atoms with Crippen molar-refractivity contribution in [2.45, 2.75) is 45.6 Å². The van der Waals surface area contributed by atoms with Crippen molar-refractivity contribution in [2.24, 2.45) is 5.41 Å². The minimum absolute atomic E-state index is 0.142. The number of pyridine rings is 1. The highest BCUT2D eigenvalue weighted by Crippen LogP contribution is 2.49. The van der Waals surface area contributed by atoms with E-state index in [1.54, 1.807) is 19.9 Å². The zero-order valence-corrected chi connectivity index (χ0v) is 22.7. The van der Waals surface area contributed by atoms with Gasteiger partial charge in [0.15, 0.2) is 5.65 Å². The zero-order valence-electron chi connectivity index (χ0n) is 21.9. The van der Waals surface area contributed by atoms with Crippen molar-refractivity contribution in [1.82, 2.24) is 15.0 Å². The number of aromatic nitrogens is 3. The van der Waals surface area contributed by atoms with Crippen molar-refractivity contribution >= 4 is 34.7 Å². The molecule has 0 atom stereocenters. The molecule has 1 N–H and O–H groups in total. The molecule has 1 fully saturated rings. The van der Waals surface area contributed by atoms with E-state index >= 15 is 0 Å². The number of carbonyl (C=O) groups is 2. The molecular formula is C30H30ClN3O5. The molecule has 2 aromatic heterocycles. The third-order valence-corrected chi connectivity index (χ3v) is 7.21. The number of esters is 2. The maximum Gasteiger partial charge on any atom is 0.306 e. The molecule has 1 saturated carbocycles. The van der Waals surface area contributed by atoms with Gasteiger partial charge in [-0.15, -0.1) is 0 Å². The molecule has 0 bridgehead atoms. The fraction of sp³-hybridized carbons (Fsp3) is 0.333. The minimum atomic E-state index is -0.546. The smallest absolute Gasteiger partial charge is 0.306 e. The number of ether oxygens (including phenoxy) is 3. The standard InChI is InChI=1S/C30H30ClN3O5/c1-3-37-25(35)17-30(18-26(36)38-4-2)15-22(16-30)39-29-32-24-14-23(31)27(33-28(24)34-29)21-12-10-20(11-13-21)19-8-6-5-7-9-19/h5-14,22H,3-4,15-18H2,1-2H3,(H,32,33,34). The van der Waals surface area contributed by atoms with Gasteiger partial charge >= 0.3 is 11.9 Å². The van der Waals surface area contributed by atoms with Crippen LogP contribution < -0.4 is 4.74 Å². The summed E-state index contributed by atoms with van der Waals surface area (Å²) in [6, 6.07) is 20.3. The van der Waals surface area contributed by atoms with Crippen LogP contribution in [0.4, 0.5) is 0 Å². The van der Waals surface area contributed by atoms with Crippen molar-refractivity contribution in [1.29, 1.82) is 0 Å². The number of benzene rings is 2. The van der Waals surface area contributed by atoms with E-state index in [1.807, 2.05) is 42.5 Å². The number of nitrogens with zero attached hydrogens (tertiary/aromatic N) is 2. The molecule has 8 nitrogen and oxygen atoms in total. The summed E-state index contributed by atoms with van der Waals surface area (Å²) in [5, 5.41) is 0.497. The summed E-state index contributed by atoms with van der Waals surface area (Å²) in [5.74, 6) is -0.653. The number of halogens is 1. The highest BCUT2D eigenvalue weighted by molar-refractivity contribution is 6.33. The summed E-state index contributed by atoms with van der Waals surface area (Å²) >= 11 is 6.59. The molecule has 2 heterocycles. The van der Waals surface area contributed by atoms with Crippen molar-refractivity contribution in [3.63, 3.8) is 0 Å². The summed E-state index contributed by atoms with van der Waals surface area (Å²) in [4.78, 5) is 36.7. The molecule has 0 spiro atoms. The lowest BCUT2D eigenvalue weighted by molar-refractivity contribution is -0.157. The summed E-state index contributed by atoms with van der Waals surface area (Å²) in [6.07, 6.45) is 1.09. The normalized spacial score (nSPS) is 14.5. The number of H-pyrrole nitrogens is 1. The molecule has 0 unspecified atom stereocenters. The van der Waals surface area contributed by atoms with Crippen LogP contribution in [-0.2, 0) is 19.1 Å². The van der Waals surface area contributed by atoms with E-state index in [4.69, 9.17) is 30.8 Å². The predicted octanol–water partition coefficient (Wildman–Crippen LogP) is 6.38. The van der Waals surface area contributed by atoms with Crippen LogP contribution in [0, 0.1) is 5.41 Å². The third kappa shape index (κ3) is 6.06. The predicted molar refractivity (Wildman–Crippen MR) is 148 cm³/mol. The highest BCUT2D eigenvalue weighted by atomic mass is 35.5. The van der Waals surface area contributed by atoms with E-state index in [-0.39, 0.29) is 30.9 Å². The average Bonchev–Trinajstić information content (AvgIpc) is 3.29. The van der Waals surface area contributed by atoms with Gasteiger partial charge in [0, 0.05) is 5.56 Å². The number of carbonyl (C=O) groups excluding carboxylic acids is 2. The monoisotopic (exact) mass is 547 g/mol. The maximum absolute atomic E-state index is 12.2. The Labute approximate surface area is 231 Å². The van der Waals surface area contributed by atoms with Crippen LogP contribution in [0.25, 0.3) is 33.5 Å². The van der Waals surface area contributed by atoms with Crippen LogP contribution in [-0.4, -0.2) is 46.2 Å². The van der Waals surface area contributed by atoms with Crippen LogP contribution in [0.15, 0.2) is 60.7 Å². The second-order valence-corrected chi connectivity index (χ2v) is 10.2. The number of hydrogen-bond donors (Lipinski definition) is 1. The zero-order chi connectivity index (χ0) is 27.4. The first-order chi connectivity index (χ1) is 18.9. The van der Waals surface area contributed by atoms with Crippen LogP contribution in [0.5, 0.6) is 6.01 Å². The van der Waals surface area contributed by atoms with E-state index in [0.717, 1.165) is 16.7 Å². The molecule has 2 aromatic carbocycles. The Kier molecular flexibility index (Phi) is 7.84. The molecular weight excluding hydrogens is 518 g/mol. The summed E-state index contributed by atoms with van der Waals surface area (Å²) in [5.41, 5.74) is 4.35. The van der Waals surface area contributed by atoms with Crippen molar-refractivity contribution in [3.8, 4) is 28.4 Å². The Balaban J connectivity index is 1.29. The van der Waals surface area contributed by atoms with E-state index in [1.165, 1.54) is 0 Å². The second kappa shape index (κ2) is 11.5. The molecule has 9 heteroatoms. The van der Waals surface area contributed by atoms with Crippen LogP contribution in [0.3, 0.4) is 0 Å². The molecule has 0 saturated heterocycles. The van der Waals surface area contributed by atoms with Crippen LogP contribution in [0.2, 0.25) is 5.02 Å². The Morgan fingerprint density at radius 1 is 0.897 bits per heavy atom. The van der Waals surface area contributed by atoms with E-state index in [9.17, 15) is 9.59 Å². The topological polar surface area (TPSA) is 103 Å². The molecule has 202 valence electrons. The Morgan fingerprint density at radius 2 is 1.49 bits per heavy atom. The van der Waals surface area contributed by atoms with E-state index in [2.05, 4.69) is 22.1 Å². The molecule has 1 aliphatic carbocycles. The van der Waals surface area contributed by atoms with Gasteiger partial charge in [0.05, 0.1) is 42.3 Å². The maximum atomic E-state index is 12.2. The number of hydrogen-bond acceptors (Lipinski definition) is 7. The fourth-order valence-corrected chi connectivity index (χ4v) is 5.40. The van der Waals surface area contributed by atoms with Gasteiger partial charge in [-0.2, -0.15) is 4.98 Å². The first kappa shape index (κ1) is 26.7. The first-order valence-corrected chi connectivity index (χ1v) is 13.5. The molecule has 0 radical (unpaired) electrons. The lowest BCUT2D eigenvalue weighted by atomic mass is 9.62. The Bertz CT molecular complexity index is 1440. The number of fused-ring (bicyclic) bond motifs is 1. The SMILES string of the molecule is CCOC(=O)CC1(CC(=O)OCC)CC(Oc2nc3nc(-c4ccc(-c5ccccc5)cc4)c(Cl)cc3[nH]2)C1. The first-order valence-electron chi connectivity index (χ1n) is 13.1. The van der Waals surface area contributed by atoms with E-state index < -0.39 is 5.41 Å². The van der Waals surface area contributed by atoms with Crippen molar-refractivity contribution in [2.75, 3.05) is 13.2 Å². The quantitative estimate of drug-likeness (QED) is 0.230. The largest absolute Gasteiger partial charge is 0.466 e. The lowest BCUT2D eigenvalue weighted by Crippen LogP contribution is -2.47. The summed E-state index contributed by atoms with van der Waals surface area (Å²) in [6.45, 7) is 4.11. The molecule has 1 aliphatic rings. The third-order valence-electron chi connectivity index (χ3n) is 6.92. The van der Waals surface area contributed by atoms with Gasteiger partial charge in [0.25, 0.3) is 6.01 Å². The van der Waals surface area contributed by atoms with Gasteiger partial charge in [-0.05, 0) is 49.3 Å². The van der Waals surface area contributed by atoms with Gasteiger partial charge in [-0.3, -0.25) is 9.59 Å². The molecule has 0 amide bonds. The van der Waals surface area contributed by atoms with Gasteiger partial charge in [0.2, 0.25) is 0 Å².